The highest BCUT2D eigenvalue weighted by molar-refractivity contribution is 5.83. The van der Waals surface area contributed by atoms with Gasteiger partial charge >= 0.3 is 0 Å². The van der Waals surface area contributed by atoms with Gasteiger partial charge in [0.05, 0.1) is 10.6 Å². The zero-order valence-electron chi connectivity index (χ0n) is 14.0. The Hall–Kier alpha value is -3.79. The van der Waals surface area contributed by atoms with Crippen LogP contribution in [0.25, 0.3) is 0 Å². The molecule has 0 saturated carbocycles. The normalized spacial score (nSPS) is 10.8. The summed E-state index contributed by atoms with van der Waals surface area (Å²) >= 11 is 0. The highest BCUT2D eigenvalue weighted by Crippen LogP contribution is 2.22. The fourth-order valence-corrected chi connectivity index (χ4v) is 2.55. The van der Waals surface area contributed by atoms with Gasteiger partial charge in [-0.3, -0.25) is 15.2 Å². The number of rotatable bonds is 5. The van der Waals surface area contributed by atoms with Crippen molar-refractivity contribution in [3.63, 3.8) is 0 Å². The predicted octanol–water partition coefficient (Wildman–Crippen LogP) is 3.84. The minimum atomic E-state index is -0.431. The van der Waals surface area contributed by atoms with Crippen LogP contribution in [-0.2, 0) is 6.42 Å². The number of nitro groups is 1. The van der Waals surface area contributed by atoms with Gasteiger partial charge in [0.1, 0.15) is 11.6 Å². The van der Waals surface area contributed by atoms with Crippen LogP contribution in [0.2, 0.25) is 0 Å². The summed E-state index contributed by atoms with van der Waals surface area (Å²) in [5.74, 6) is 0.265. The number of nitriles is 1. The molecule has 0 spiro atoms. The van der Waals surface area contributed by atoms with Crippen LogP contribution in [0.15, 0.2) is 53.5 Å². The molecule has 0 radical (unpaired) electrons. The van der Waals surface area contributed by atoms with Gasteiger partial charge in [0.15, 0.2) is 5.82 Å². The first kappa shape index (κ1) is 17.0. The highest BCUT2D eigenvalue weighted by atomic mass is 16.6. The number of aryl methyl sites for hydroxylation is 1. The molecular weight excluding hydrogens is 330 g/mol. The van der Waals surface area contributed by atoms with Crippen molar-refractivity contribution >= 4 is 17.7 Å². The molecule has 0 atom stereocenters. The number of aliphatic imine (C=N–C) groups is 1. The first-order chi connectivity index (χ1) is 12.6. The van der Waals surface area contributed by atoms with Crippen LogP contribution in [0, 0.1) is 28.4 Å². The van der Waals surface area contributed by atoms with E-state index in [1.807, 2.05) is 30.3 Å². The van der Waals surface area contributed by atoms with Crippen molar-refractivity contribution < 1.29 is 4.92 Å². The van der Waals surface area contributed by atoms with Crippen LogP contribution in [0.3, 0.4) is 0 Å². The van der Waals surface area contributed by atoms with Crippen LogP contribution < -0.4 is 0 Å². The molecule has 26 heavy (non-hydrogen) atoms. The van der Waals surface area contributed by atoms with Crippen molar-refractivity contribution in [1.29, 1.82) is 5.26 Å². The summed E-state index contributed by atoms with van der Waals surface area (Å²) in [6.07, 6.45) is 2.01. The number of hydrogen-bond acceptors (Lipinski definition) is 5. The Labute approximate surface area is 149 Å². The predicted molar refractivity (Wildman–Crippen MR) is 97.6 cm³/mol. The van der Waals surface area contributed by atoms with Crippen molar-refractivity contribution in [3.05, 3.63) is 86.6 Å². The zero-order chi connectivity index (χ0) is 18.5. The largest absolute Gasteiger partial charge is 0.279 e. The number of nitro benzene ring substituents is 1. The SMILES string of the molecule is Cc1ccc(C=Nc2n[nH]c(Cc3ccccc3)c2C#N)cc1[N+](=O)[O-]. The van der Waals surface area contributed by atoms with Gasteiger partial charge in [-0.2, -0.15) is 10.4 Å². The standard InChI is InChI=1S/C19H15N5O2/c1-13-7-8-15(10-18(13)24(25)26)12-21-19-16(11-20)17(22-23-19)9-14-5-3-2-4-6-14/h2-8,10,12H,9H2,1H3,(H,22,23). The van der Waals surface area contributed by atoms with E-state index in [1.165, 1.54) is 12.3 Å². The molecular formula is C19H15N5O2. The van der Waals surface area contributed by atoms with Crippen LogP contribution in [0.1, 0.15) is 27.9 Å². The number of nitrogens with zero attached hydrogens (tertiary/aromatic N) is 4. The average Bonchev–Trinajstić information content (AvgIpc) is 3.03. The third-order valence-electron chi connectivity index (χ3n) is 3.92. The fraction of sp³-hybridized carbons (Fsp3) is 0.105. The topological polar surface area (TPSA) is 108 Å². The first-order valence-electron chi connectivity index (χ1n) is 7.89. The third-order valence-corrected chi connectivity index (χ3v) is 3.92. The van der Waals surface area contributed by atoms with Crippen LogP contribution >= 0.6 is 0 Å². The Morgan fingerprint density at radius 2 is 2.08 bits per heavy atom. The summed E-state index contributed by atoms with van der Waals surface area (Å²) < 4.78 is 0. The number of H-pyrrole nitrogens is 1. The Bertz CT molecular complexity index is 1020. The smallest absolute Gasteiger partial charge is 0.272 e. The molecule has 0 amide bonds. The molecule has 0 bridgehead atoms. The summed E-state index contributed by atoms with van der Waals surface area (Å²) in [6, 6.07) is 16.7. The fourth-order valence-electron chi connectivity index (χ4n) is 2.55. The second-order valence-corrected chi connectivity index (χ2v) is 5.74. The Kier molecular flexibility index (Phi) is 4.85. The summed E-state index contributed by atoms with van der Waals surface area (Å²) in [6.45, 7) is 1.68. The van der Waals surface area contributed by atoms with Gasteiger partial charge in [0, 0.05) is 24.3 Å². The lowest BCUT2D eigenvalue weighted by Gasteiger charge is -1.99. The number of hydrogen-bond donors (Lipinski definition) is 1. The average molecular weight is 345 g/mol. The third kappa shape index (κ3) is 3.65. The molecule has 128 valence electrons. The molecule has 0 unspecified atom stereocenters. The molecule has 1 N–H and O–H groups in total. The van der Waals surface area contributed by atoms with Gasteiger partial charge in [-0.15, -0.1) is 0 Å². The second-order valence-electron chi connectivity index (χ2n) is 5.74. The summed E-state index contributed by atoms with van der Waals surface area (Å²) in [5.41, 5.74) is 3.28. The zero-order valence-corrected chi connectivity index (χ0v) is 14.0. The van der Waals surface area contributed by atoms with Gasteiger partial charge in [-0.1, -0.05) is 42.5 Å². The van der Waals surface area contributed by atoms with Crippen molar-refractivity contribution in [2.45, 2.75) is 13.3 Å². The van der Waals surface area contributed by atoms with Crippen molar-refractivity contribution in [2.24, 2.45) is 4.99 Å². The molecule has 0 saturated heterocycles. The van der Waals surface area contributed by atoms with Gasteiger partial charge in [-0.05, 0) is 18.1 Å². The van der Waals surface area contributed by atoms with E-state index in [-0.39, 0.29) is 11.5 Å². The maximum Gasteiger partial charge on any atom is 0.272 e. The van der Waals surface area contributed by atoms with E-state index in [9.17, 15) is 15.4 Å². The Morgan fingerprint density at radius 1 is 1.31 bits per heavy atom. The van der Waals surface area contributed by atoms with E-state index < -0.39 is 4.92 Å². The van der Waals surface area contributed by atoms with Gasteiger partial charge in [0.2, 0.25) is 0 Å². The molecule has 0 fully saturated rings. The van der Waals surface area contributed by atoms with Crippen LogP contribution in [0.4, 0.5) is 11.5 Å². The Morgan fingerprint density at radius 3 is 2.77 bits per heavy atom. The van der Waals surface area contributed by atoms with Crippen molar-refractivity contribution in [1.82, 2.24) is 10.2 Å². The lowest BCUT2D eigenvalue weighted by molar-refractivity contribution is -0.385. The lowest BCUT2D eigenvalue weighted by Crippen LogP contribution is -1.93. The summed E-state index contributed by atoms with van der Waals surface area (Å²) in [5, 5.41) is 27.4. The van der Waals surface area contributed by atoms with Gasteiger partial charge < -0.3 is 0 Å². The summed E-state index contributed by atoms with van der Waals surface area (Å²) in [4.78, 5) is 14.8. The maximum absolute atomic E-state index is 11.0. The number of aromatic nitrogens is 2. The molecule has 7 nitrogen and oxygen atoms in total. The van der Waals surface area contributed by atoms with E-state index >= 15 is 0 Å². The van der Waals surface area contributed by atoms with E-state index in [0.717, 1.165) is 5.56 Å². The van der Waals surface area contributed by atoms with E-state index in [0.29, 0.717) is 28.8 Å². The van der Waals surface area contributed by atoms with Crippen LogP contribution in [0.5, 0.6) is 0 Å². The van der Waals surface area contributed by atoms with Gasteiger partial charge in [0.25, 0.3) is 5.69 Å². The van der Waals surface area contributed by atoms with Crippen LogP contribution in [-0.4, -0.2) is 21.3 Å². The number of nitrogens with one attached hydrogen (secondary N) is 1. The molecule has 0 aliphatic heterocycles. The molecule has 3 rings (SSSR count). The lowest BCUT2D eigenvalue weighted by atomic mass is 10.1. The Balaban J connectivity index is 1.87. The van der Waals surface area contributed by atoms with E-state index in [2.05, 4.69) is 21.3 Å². The minimum Gasteiger partial charge on any atom is -0.279 e. The molecule has 1 aromatic heterocycles. The molecule has 1 heterocycles. The minimum absolute atomic E-state index is 0.0289. The number of benzene rings is 2. The van der Waals surface area contributed by atoms with Crippen molar-refractivity contribution in [2.75, 3.05) is 0 Å². The molecule has 0 aliphatic rings. The van der Waals surface area contributed by atoms with Crippen molar-refractivity contribution in [3.8, 4) is 6.07 Å². The molecule has 0 aliphatic carbocycles. The number of aromatic amines is 1. The van der Waals surface area contributed by atoms with E-state index in [4.69, 9.17) is 0 Å². The first-order valence-corrected chi connectivity index (χ1v) is 7.89. The monoisotopic (exact) mass is 345 g/mol. The molecule has 3 aromatic rings. The summed E-state index contributed by atoms with van der Waals surface area (Å²) in [7, 11) is 0. The highest BCUT2D eigenvalue weighted by Gasteiger charge is 2.13. The molecule has 2 aromatic carbocycles. The van der Waals surface area contributed by atoms with Gasteiger partial charge in [-0.25, -0.2) is 4.99 Å². The second kappa shape index (κ2) is 7.40. The van der Waals surface area contributed by atoms with E-state index in [1.54, 1.807) is 19.1 Å². The maximum atomic E-state index is 11.0. The molecule has 7 heteroatoms. The quantitative estimate of drug-likeness (QED) is 0.430.